The van der Waals surface area contributed by atoms with E-state index in [1.165, 1.54) is 6.07 Å². The van der Waals surface area contributed by atoms with Crippen molar-refractivity contribution in [2.75, 3.05) is 7.05 Å². The molecule has 0 radical (unpaired) electrons. The van der Waals surface area contributed by atoms with E-state index in [4.69, 9.17) is 11.6 Å². The third-order valence-corrected chi connectivity index (χ3v) is 3.07. The molecule has 1 aromatic rings. The lowest BCUT2D eigenvalue weighted by atomic mass is 10.0. The van der Waals surface area contributed by atoms with Crippen molar-refractivity contribution in [3.8, 4) is 0 Å². The van der Waals surface area contributed by atoms with Gasteiger partial charge in [-0.2, -0.15) is 0 Å². The molecule has 0 spiro atoms. The van der Waals surface area contributed by atoms with E-state index >= 15 is 0 Å². The first-order valence-electron chi connectivity index (χ1n) is 4.95. The molecule has 15 heavy (non-hydrogen) atoms. The Morgan fingerprint density at radius 3 is 2.53 bits per heavy atom. The van der Waals surface area contributed by atoms with Gasteiger partial charge in [-0.05, 0) is 37.9 Å². The highest BCUT2D eigenvalue weighted by Crippen LogP contribution is 2.42. The van der Waals surface area contributed by atoms with Crippen molar-refractivity contribution < 1.29 is 8.78 Å². The van der Waals surface area contributed by atoms with Crippen LogP contribution in [0.15, 0.2) is 12.1 Å². The molecule has 1 aliphatic carbocycles. The van der Waals surface area contributed by atoms with Crippen LogP contribution in [0.2, 0.25) is 5.02 Å². The van der Waals surface area contributed by atoms with Gasteiger partial charge in [-0.1, -0.05) is 11.6 Å². The van der Waals surface area contributed by atoms with Gasteiger partial charge in [0.05, 0.1) is 5.02 Å². The second-order valence-corrected chi connectivity index (χ2v) is 4.30. The third-order valence-electron chi connectivity index (χ3n) is 2.78. The molecule has 1 saturated carbocycles. The summed E-state index contributed by atoms with van der Waals surface area (Å²) < 4.78 is 26.8. The van der Waals surface area contributed by atoms with Gasteiger partial charge in [-0.3, -0.25) is 0 Å². The fraction of sp³-hybridized carbons (Fsp3) is 0.455. The van der Waals surface area contributed by atoms with Gasteiger partial charge < -0.3 is 5.32 Å². The average molecular weight is 232 g/mol. The standard InChI is InChI=1S/C11H12ClF2N/c1-15-11(6-2-3-6)7-4-10(14)8(12)5-9(7)13/h4-6,11,15H,2-3H2,1H3. The minimum atomic E-state index is -0.561. The number of rotatable bonds is 3. The van der Waals surface area contributed by atoms with Gasteiger partial charge in [0, 0.05) is 11.6 Å². The van der Waals surface area contributed by atoms with E-state index in [1.807, 2.05) is 0 Å². The molecule has 0 aliphatic heterocycles. The summed E-state index contributed by atoms with van der Waals surface area (Å²) in [5.41, 5.74) is 0.377. The van der Waals surface area contributed by atoms with Gasteiger partial charge in [0.15, 0.2) is 0 Å². The smallest absolute Gasteiger partial charge is 0.142 e. The molecular weight excluding hydrogens is 220 g/mol. The van der Waals surface area contributed by atoms with Crippen molar-refractivity contribution >= 4 is 11.6 Å². The average Bonchev–Trinajstić information content (AvgIpc) is 2.99. The summed E-state index contributed by atoms with van der Waals surface area (Å²) >= 11 is 5.49. The summed E-state index contributed by atoms with van der Waals surface area (Å²) in [4.78, 5) is 0. The van der Waals surface area contributed by atoms with E-state index in [0.29, 0.717) is 11.5 Å². The predicted octanol–water partition coefficient (Wildman–Crippen LogP) is 3.29. The van der Waals surface area contributed by atoms with Crippen molar-refractivity contribution in [1.82, 2.24) is 5.32 Å². The van der Waals surface area contributed by atoms with Gasteiger partial charge in [-0.25, -0.2) is 8.78 Å². The molecule has 4 heteroatoms. The van der Waals surface area contributed by atoms with Gasteiger partial charge in [0.25, 0.3) is 0 Å². The van der Waals surface area contributed by atoms with Crippen LogP contribution in [-0.4, -0.2) is 7.05 Å². The minimum Gasteiger partial charge on any atom is -0.313 e. The van der Waals surface area contributed by atoms with Crippen molar-refractivity contribution in [3.05, 3.63) is 34.4 Å². The van der Waals surface area contributed by atoms with Crippen LogP contribution in [0.1, 0.15) is 24.4 Å². The van der Waals surface area contributed by atoms with Crippen LogP contribution < -0.4 is 5.32 Å². The van der Waals surface area contributed by atoms with Crippen molar-refractivity contribution in [1.29, 1.82) is 0 Å². The lowest BCUT2D eigenvalue weighted by Crippen LogP contribution is -2.19. The molecule has 1 aliphatic rings. The van der Waals surface area contributed by atoms with E-state index in [-0.39, 0.29) is 11.1 Å². The molecule has 1 N–H and O–H groups in total. The minimum absolute atomic E-state index is 0.100. The first kappa shape index (κ1) is 10.8. The van der Waals surface area contributed by atoms with E-state index < -0.39 is 11.6 Å². The summed E-state index contributed by atoms with van der Waals surface area (Å²) in [5.74, 6) is -0.577. The molecule has 1 atom stereocenters. The summed E-state index contributed by atoms with van der Waals surface area (Å²) in [7, 11) is 1.76. The van der Waals surface area contributed by atoms with Crippen LogP contribution in [0, 0.1) is 17.6 Å². The topological polar surface area (TPSA) is 12.0 Å². The predicted molar refractivity (Wildman–Crippen MR) is 55.9 cm³/mol. The van der Waals surface area contributed by atoms with E-state index in [2.05, 4.69) is 5.32 Å². The maximum absolute atomic E-state index is 13.6. The summed E-state index contributed by atoms with van der Waals surface area (Å²) in [6.07, 6.45) is 2.13. The fourth-order valence-corrected chi connectivity index (χ4v) is 2.00. The molecule has 1 unspecified atom stereocenters. The van der Waals surface area contributed by atoms with Crippen LogP contribution in [0.25, 0.3) is 0 Å². The molecule has 0 bridgehead atoms. The zero-order valence-corrected chi connectivity index (χ0v) is 9.11. The van der Waals surface area contributed by atoms with Crippen molar-refractivity contribution in [3.63, 3.8) is 0 Å². The Morgan fingerprint density at radius 1 is 1.33 bits per heavy atom. The molecule has 0 saturated heterocycles. The lowest BCUT2D eigenvalue weighted by molar-refractivity contribution is 0.486. The van der Waals surface area contributed by atoms with Crippen LogP contribution in [0.5, 0.6) is 0 Å². The number of benzene rings is 1. The zero-order chi connectivity index (χ0) is 11.0. The van der Waals surface area contributed by atoms with Crippen LogP contribution in [-0.2, 0) is 0 Å². The number of nitrogens with one attached hydrogen (secondary N) is 1. The number of hydrogen-bond acceptors (Lipinski definition) is 1. The van der Waals surface area contributed by atoms with Gasteiger partial charge in [-0.15, -0.1) is 0 Å². The monoisotopic (exact) mass is 231 g/mol. The molecule has 2 rings (SSSR count). The van der Waals surface area contributed by atoms with Crippen LogP contribution in [0.3, 0.4) is 0 Å². The van der Waals surface area contributed by atoms with E-state index in [0.717, 1.165) is 18.9 Å². The van der Waals surface area contributed by atoms with Crippen molar-refractivity contribution in [2.24, 2.45) is 5.92 Å². The Kier molecular flexibility index (Phi) is 2.94. The molecule has 0 heterocycles. The maximum atomic E-state index is 13.6. The highest BCUT2D eigenvalue weighted by Gasteiger charge is 2.33. The van der Waals surface area contributed by atoms with E-state index in [1.54, 1.807) is 7.05 Å². The SMILES string of the molecule is CNC(c1cc(F)c(Cl)cc1F)C1CC1. The fourth-order valence-electron chi connectivity index (χ4n) is 1.85. The second kappa shape index (κ2) is 4.06. The molecule has 1 nitrogen and oxygen atoms in total. The first-order chi connectivity index (χ1) is 7.13. The van der Waals surface area contributed by atoms with Gasteiger partial charge in [0.1, 0.15) is 11.6 Å². The summed E-state index contributed by atoms with van der Waals surface area (Å²) in [5, 5.41) is 2.85. The Hall–Kier alpha value is -0.670. The van der Waals surface area contributed by atoms with Crippen molar-refractivity contribution in [2.45, 2.75) is 18.9 Å². The number of hydrogen-bond donors (Lipinski definition) is 1. The quantitative estimate of drug-likeness (QED) is 0.788. The number of halogens is 3. The van der Waals surface area contributed by atoms with E-state index in [9.17, 15) is 8.78 Å². The largest absolute Gasteiger partial charge is 0.313 e. The molecule has 82 valence electrons. The Labute approximate surface area is 92.4 Å². The maximum Gasteiger partial charge on any atom is 0.142 e. The normalized spacial score (nSPS) is 17.9. The van der Waals surface area contributed by atoms with Gasteiger partial charge >= 0.3 is 0 Å². The molecular formula is C11H12ClF2N. The third kappa shape index (κ3) is 2.13. The summed E-state index contributed by atoms with van der Waals surface area (Å²) in [6, 6.07) is 2.13. The lowest BCUT2D eigenvalue weighted by Gasteiger charge is -2.16. The Bertz CT molecular complexity index is 377. The first-order valence-corrected chi connectivity index (χ1v) is 5.33. The highest BCUT2D eigenvalue weighted by atomic mass is 35.5. The summed E-state index contributed by atoms with van der Waals surface area (Å²) in [6.45, 7) is 0. The zero-order valence-electron chi connectivity index (χ0n) is 8.36. The Morgan fingerprint density at radius 2 is 2.00 bits per heavy atom. The Balaban J connectivity index is 2.37. The molecule has 0 amide bonds. The molecule has 0 aromatic heterocycles. The molecule has 1 fully saturated rings. The highest BCUT2D eigenvalue weighted by molar-refractivity contribution is 6.30. The van der Waals surface area contributed by atoms with Crippen LogP contribution >= 0.6 is 11.6 Å². The van der Waals surface area contributed by atoms with Gasteiger partial charge in [0.2, 0.25) is 0 Å². The molecule has 1 aromatic carbocycles. The van der Waals surface area contributed by atoms with Crippen LogP contribution in [0.4, 0.5) is 8.78 Å². The second-order valence-electron chi connectivity index (χ2n) is 3.89.